The van der Waals surface area contributed by atoms with Crippen molar-refractivity contribution in [3.8, 4) is 11.8 Å². The lowest BCUT2D eigenvalue weighted by atomic mass is 10.2. The summed E-state index contributed by atoms with van der Waals surface area (Å²) in [5.74, 6) is -4.60. The van der Waals surface area contributed by atoms with Gasteiger partial charge < -0.3 is 9.47 Å². The zero-order valence-corrected chi connectivity index (χ0v) is 16.3. The lowest BCUT2D eigenvalue weighted by Gasteiger charge is -2.17. The fourth-order valence-electron chi connectivity index (χ4n) is 2.09. The van der Waals surface area contributed by atoms with Crippen LogP contribution in [0.2, 0.25) is 0 Å². The summed E-state index contributed by atoms with van der Waals surface area (Å²) in [5.41, 5.74) is -2.86. The smallest absolute Gasteiger partial charge is 0.422 e. The Bertz CT molecular complexity index is 1060. The number of alkyl halides is 9. The van der Waals surface area contributed by atoms with E-state index < -0.39 is 75.5 Å². The monoisotopic (exact) mass is 517 g/mol. The van der Waals surface area contributed by atoms with E-state index in [1.807, 2.05) is 0 Å². The van der Waals surface area contributed by atoms with Gasteiger partial charge in [-0.2, -0.15) is 39.5 Å². The Kier molecular flexibility index (Phi) is 7.20. The molecular weight excluding hydrogens is 508 g/mol. The minimum Gasteiger partial charge on any atom is -0.467 e. The number of benzene rings is 1. The van der Waals surface area contributed by atoms with Crippen molar-refractivity contribution in [2.45, 2.75) is 23.4 Å². The number of anilines is 1. The first-order valence-electron chi connectivity index (χ1n) is 8.03. The molecule has 0 spiro atoms. The average molecular weight is 517 g/mol. The Morgan fingerprint density at radius 3 is 1.76 bits per heavy atom. The predicted octanol–water partition coefficient (Wildman–Crippen LogP) is 4.32. The maximum atomic E-state index is 13.4. The van der Waals surface area contributed by atoms with Gasteiger partial charge in [0.1, 0.15) is 12.1 Å². The normalized spacial score (nSPS) is 13.0. The second-order valence-corrected chi connectivity index (χ2v) is 7.54. The molecule has 0 atom stereocenters. The fourth-order valence-corrected chi connectivity index (χ4v) is 3.31. The van der Waals surface area contributed by atoms with E-state index in [1.54, 1.807) is 0 Å². The standard InChI is InChI=1S/C15H9F10N3O4S/c16-9-2-1-7(3-8(9)15(23,24)25)28-33(29,30)10-11(31-4-13(17,18)19)26-6-27-12(10)32-5-14(20,21)22/h1-3,6,28H,4-5H2. The molecule has 0 bridgehead atoms. The summed E-state index contributed by atoms with van der Waals surface area (Å²) >= 11 is 0. The Labute approximate surface area is 177 Å². The molecule has 184 valence electrons. The van der Waals surface area contributed by atoms with E-state index in [0.717, 1.165) is 0 Å². The van der Waals surface area contributed by atoms with Crippen LogP contribution in [-0.4, -0.2) is 44.0 Å². The lowest BCUT2D eigenvalue weighted by molar-refractivity contribution is -0.155. The minimum atomic E-state index is -5.33. The van der Waals surface area contributed by atoms with Crippen LogP contribution >= 0.6 is 0 Å². The molecule has 1 aromatic heterocycles. The molecule has 0 unspecified atom stereocenters. The van der Waals surface area contributed by atoms with E-state index in [4.69, 9.17) is 0 Å². The number of hydrogen-bond donors (Lipinski definition) is 1. The summed E-state index contributed by atoms with van der Waals surface area (Å²) < 4.78 is 162. The molecule has 18 heteroatoms. The second kappa shape index (κ2) is 9.06. The SMILES string of the molecule is O=S(=O)(Nc1ccc(F)c(C(F)(F)F)c1)c1c(OCC(F)(F)F)ncnc1OCC(F)(F)F. The van der Waals surface area contributed by atoms with Gasteiger partial charge in [0.2, 0.25) is 16.7 Å². The van der Waals surface area contributed by atoms with Gasteiger partial charge in [0.25, 0.3) is 10.0 Å². The van der Waals surface area contributed by atoms with Crippen LogP contribution in [0.3, 0.4) is 0 Å². The van der Waals surface area contributed by atoms with Crippen molar-refractivity contribution in [3.63, 3.8) is 0 Å². The summed E-state index contributed by atoms with van der Waals surface area (Å²) in [5, 5.41) is 0. The Hall–Kier alpha value is -3.05. The van der Waals surface area contributed by atoms with E-state index in [0.29, 0.717) is 12.4 Å². The molecule has 1 aromatic carbocycles. The number of halogens is 10. The number of nitrogens with one attached hydrogen (secondary N) is 1. The van der Waals surface area contributed by atoms with Gasteiger partial charge in [-0.25, -0.2) is 22.8 Å². The number of rotatable bonds is 7. The van der Waals surface area contributed by atoms with Gasteiger partial charge in [-0.05, 0) is 18.2 Å². The number of sulfonamides is 1. The third-order valence-electron chi connectivity index (χ3n) is 3.28. The van der Waals surface area contributed by atoms with Gasteiger partial charge in [-0.3, -0.25) is 4.72 Å². The Morgan fingerprint density at radius 1 is 0.848 bits per heavy atom. The molecular formula is C15H9F10N3O4S. The maximum absolute atomic E-state index is 13.4. The first kappa shape index (κ1) is 26.2. The number of ether oxygens (including phenoxy) is 2. The van der Waals surface area contributed by atoms with Crippen LogP contribution in [0.25, 0.3) is 0 Å². The van der Waals surface area contributed by atoms with E-state index >= 15 is 0 Å². The minimum absolute atomic E-state index is 0.00314. The topological polar surface area (TPSA) is 90.4 Å². The number of nitrogens with zero attached hydrogens (tertiary/aromatic N) is 2. The van der Waals surface area contributed by atoms with E-state index in [1.165, 1.54) is 4.72 Å². The predicted molar refractivity (Wildman–Crippen MR) is 87.3 cm³/mol. The summed E-state index contributed by atoms with van der Waals surface area (Å²) in [4.78, 5) is 4.65. The highest BCUT2D eigenvalue weighted by Gasteiger charge is 2.37. The molecule has 2 rings (SSSR count). The van der Waals surface area contributed by atoms with Gasteiger partial charge in [-0.15, -0.1) is 0 Å². The molecule has 1 heterocycles. The van der Waals surface area contributed by atoms with Crippen LogP contribution < -0.4 is 14.2 Å². The van der Waals surface area contributed by atoms with Crippen molar-refractivity contribution in [2.24, 2.45) is 0 Å². The van der Waals surface area contributed by atoms with Gasteiger partial charge in [0.05, 0.1) is 5.56 Å². The molecule has 7 nitrogen and oxygen atoms in total. The second-order valence-electron chi connectivity index (χ2n) is 5.92. The molecule has 0 aliphatic carbocycles. The highest BCUT2D eigenvalue weighted by atomic mass is 32.2. The number of hydrogen-bond acceptors (Lipinski definition) is 6. The molecule has 0 saturated heterocycles. The first-order chi connectivity index (χ1) is 14.9. The van der Waals surface area contributed by atoms with Gasteiger partial charge in [0, 0.05) is 5.69 Å². The van der Waals surface area contributed by atoms with E-state index in [2.05, 4.69) is 19.4 Å². The summed E-state index contributed by atoms with van der Waals surface area (Å²) in [7, 11) is -5.33. The van der Waals surface area contributed by atoms with Gasteiger partial charge >= 0.3 is 18.5 Å². The van der Waals surface area contributed by atoms with Crippen molar-refractivity contribution in [1.82, 2.24) is 9.97 Å². The molecule has 1 N–H and O–H groups in total. The fraction of sp³-hybridized carbons (Fsp3) is 0.333. The average Bonchev–Trinajstić information content (AvgIpc) is 2.64. The number of aromatic nitrogens is 2. The van der Waals surface area contributed by atoms with Gasteiger partial charge in [-0.1, -0.05) is 0 Å². The van der Waals surface area contributed by atoms with Crippen LogP contribution in [0.5, 0.6) is 11.8 Å². The molecule has 0 saturated carbocycles. The van der Waals surface area contributed by atoms with E-state index in [-0.39, 0.29) is 12.1 Å². The third-order valence-corrected chi connectivity index (χ3v) is 4.67. The third kappa shape index (κ3) is 7.50. The van der Waals surface area contributed by atoms with Crippen molar-refractivity contribution in [3.05, 3.63) is 35.9 Å². The first-order valence-corrected chi connectivity index (χ1v) is 9.51. The summed E-state index contributed by atoms with van der Waals surface area (Å²) in [6.07, 6.45) is -15.0. The van der Waals surface area contributed by atoms with Crippen molar-refractivity contribution in [1.29, 1.82) is 0 Å². The molecule has 0 aliphatic heterocycles. The molecule has 33 heavy (non-hydrogen) atoms. The Balaban J connectivity index is 2.54. The van der Waals surface area contributed by atoms with Crippen LogP contribution in [-0.2, 0) is 16.2 Å². The summed E-state index contributed by atoms with van der Waals surface area (Å²) in [6, 6.07) is 0.742. The van der Waals surface area contributed by atoms with Gasteiger partial charge in [0.15, 0.2) is 13.2 Å². The van der Waals surface area contributed by atoms with Crippen LogP contribution in [0.1, 0.15) is 5.56 Å². The quantitative estimate of drug-likeness (QED) is 0.551. The van der Waals surface area contributed by atoms with Crippen LogP contribution in [0, 0.1) is 5.82 Å². The Morgan fingerprint density at radius 2 is 1.33 bits per heavy atom. The molecule has 0 radical (unpaired) electrons. The lowest BCUT2D eigenvalue weighted by Crippen LogP contribution is -2.24. The molecule has 2 aromatic rings. The molecule has 0 amide bonds. The molecule has 0 aliphatic rings. The molecule has 0 fully saturated rings. The van der Waals surface area contributed by atoms with Crippen molar-refractivity contribution in [2.75, 3.05) is 17.9 Å². The van der Waals surface area contributed by atoms with Crippen molar-refractivity contribution >= 4 is 15.7 Å². The zero-order valence-electron chi connectivity index (χ0n) is 15.4. The van der Waals surface area contributed by atoms with Crippen molar-refractivity contribution < 1.29 is 61.8 Å². The highest BCUT2D eigenvalue weighted by Crippen LogP contribution is 2.36. The van der Waals surface area contributed by atoms with Crippen LogP contribution in [0.4, 0.5) is 49.6 Å². The largest absolute Gasteiger partial charge is 0.467 e. The summed E-state index contributed by atoms with van der Waals surface area (Å²) in [6.45, 7) is -4.28. The maximum Gasteiger partial charge on any atom is 0.422 e. The highest BCUT2D eigenvalue weighted by molar-refractivity contribution is 7.93. The van der Waals surface area contributed by atoms with E-state index in [9.17, 15) is 52.3 Å². The zero-order chi connectivity index (χ0) is 25.2. The van der Waals surface area contributed by atoms with Crippen LogP contribution in [0.15, 0.2) is 29.4 Å².